The van der Waals surface area contributed by atoms with Crippen LogP contribution >= 0.6 is 0 Å². The summed E-state index contributed by atoms with van der Waals surface area (Å²) in [5, 5.41) is 0.821. The van der Waals surface area contributed by atoms with Crippen molar-refractivity contribution in [3.63, 3.8) is 0 Å². The van der Waals surface area contributed by atoms with Crippen molar-refractivity contribution in [3.05, 3.63) is 30.5 Å². The molecule has 1 aliphatic rings. The van der Waals surface area contributed by atoms with Crippen LogP contribution in [-0.2, 0) is 21.6 Å². The normalized spacial score (nSPS) is 17.6. The molecular weight excluding hydrogens is 274 g/mol. The van der Waals surface area contributed by atoms with Gasteiger partial charge in [-0.3, -0.25) is 0 Å². The quantitative estimate of drug-likeness (QED) is 0.873. The van der Waals surface area contributed by atoms with E-state index in [1.54, 1.807) is 6.20 Å². The zero-order chi connectivity index (χ0) is 14.2. The molecular formula is C15H19NO3S. The molecule has 4 nitrogen and oxygen atoms in total. The molecule has 108 valence electrons. The predicted octanol–water partition coefficient (Wildman–Crippen LogP) is 2.38. The van der Waals surface area contributed by atoms with Gasteiger partial charge in [0.25, 0.3) is 0 Å². The third-order valence-electron chi connectivity index (χ3n) is 3.99. The Balaban J connectivity index is 1.96. The highest BCUT2D eigenvalue weighted by atomic mass is 32.2. The zero-order valence-electron chi connectivity index (χ0n) is 11.6. The second-order valence-electron chi connectivity index (χ2n) is 5.46. The first-order valence-corrected chi connectivity index (χ1v) is 8.58. The Morgan fingerprint density at radius 2 is 1.95 bits per heavy atom. The number of rotatable bonds is 3. The molecule has 0 aliphatic carbocycles. The van der Waals surface area contributed by atoms with Gasteiger partial charge < -0.3 is 9.30 Å². The lowest BCUT2D eigenvalue weighted by Crippen LogP contribution is -2.23. The van der Waals surface area contributed by atoms with E-state index in [4.69, 9.17) is 4.74 Å². The van der Waals surface area contributed by atoms with E-state index in [-0.39, 0.29) is 11.7 Å². The minimum Gasteiger partial charge on any atom is -0.381 e. The molecule has 1 aromatic carbocycles. The fourth-order valence-electron chi connectivity index (χ4n) is 2.87. The number of fused-ring (bicyclic) bond motifs is 1. The van der Waals surface area contributed by atoms with Gasteiger partial charge in [-0.15, -0.1) is 0 Å². The largest absolute Gasteiger partial charge is 0.381 e. The topological polar surface area (TPSA) is 48.3 Å². The van der Waals surface area contributed by atoms with Crippen LogP contribution < -0.4 is 0 Å². The van der Waals surface area contributed by atoms with Crippen LogP contribution in [0.3, 0.4) is 0 Å². The number of aryl methyl sites for hydroxylation is 1. The Labute approximate surface area is 119 Å². The van der Waals surface area contributed by atoms with Gasteiger partial charge in [-0.25, -0.2) is 8.42 Å². The maximum absolute atomic E-state index is 12.7. The average Bonchev–Trinajstić information content (AvgIpc) is 2.78. The highest BCUT2D eigenvalue weighted by Crippen LogP contribution is 2.28. The fraction of sp³-hybridized carbons (Fsp3) is 0.467. The molecule has 0 saturated carbocycles. The molecule has 0 amide bonds. The number of benzene rings is 1. The first-order chi connectivity index (χ1) is 9.58. The van der Waals surface area contributed by atoms with Crippen molar-refractivity contribution in [2.45, 2.75) is 17.7 Å². The first kappa shape index (κ1) is 13.6. The summed E-state index contributed by atoms with van der Waals surface area (Å²) in [5.41, 5.74) is 0.957. The maximum atomic E-state index is 12.7. The number of hydrogen-bond acceptors (Lipinski definition) is 3. The molecule has 1 fully saturated rings. The van der Waals surface area contributed by atoms with Crippen molar-refractivity contribution < 1.29 is 13.2 Å². The highest BCUT2D eigenvalue weighted by molar-refractivity contribution is 7.91. The summed E-state index contributed by atoms with van der Waals surface area (Å²) in [7, 11) is -1.36. The maximum Gasteiger partial charge on any atom is 0.180 e. The van der Waals surface area contributed by atoms with Crippen LogP contribution in [0.2, 0.25) is 0 Å². The van der Waals surface area contributed by atoms with Gasteiger partial charge in [0.15, 0.2) is 9.84 Å². The monoisotopic (exact) mass is 293 g/mol. The minimum atomic E-state index is -3.24. The molecule has 1 aliphatic heterocycles. The molecule has 0 radical (unpaired) electrons. The number of sulfone groups is 1. The molecule has 5 heteroatoms. The Kier molecular flexibility index (Phi) is 3.56. The van der Waals surface area contributed by atoms with Gasteiger partial charge in [0.2, 0.25) is 0 Å². The molecule has 2 aromatic rings. The lowest BCUT2D eigenvalue weighted by molar-refractivity contribution is 0.0723. The number of nitrogens with zero attached hydrogens (tertiary/aromatic N) is 1. The van der Waals surface area contributed by atoms with Crippen LogP contribution in [0, 0.1) is 5.92 Å². The zero-order valence-corrected chi connectivity index (χ0v) is 12.4. The van der Waals surface area contributed by atoms with Gasteiger partial charge in [-0.2, -0.15) is 0 Å². The molecule has 0 bridgehead atoms. The second-order valence-corrected chi connectivity index (χ2v) is 7.46. The van der Waals surface area contributed by atoms with Gasteiger partial charge in [-0.05, 0) is 24.8 Å². The van der Waals surface area contributed by atoms with Crippen LogP contribution in [0.4, 0.5) is 0 Å². The standard InChI is InChI=1S/C15H19NO3S/c1-16-10-15(13-4-2-3-5-14(13)16)20(17,18)11-12-6-8-19-9-7-12/h2-5,10,12H,6-9,11H2,1H3. The molecule has 20 heavy (non-hydrogen) atoms. The molecule has 2 heterocycles. The summed E-state index contributed by atoms with van der Waals surface area (Å²) < 4.78 is 32.5. The van der Waals surface area contributed by atoms with Gasteiger partial charge >= 0.3 is 0 Å². The summed E-state index contributed by atoms with van der Waals surface area (Å²) in [5.74, 6) is 0.442. The average molecular weight is 293 g/mol. The van der Waals surface area contributed by atoms with Crippen LogP contribution in [0.25, 0.3) is 10.9 Å². The third-order valence-corrected chi connectivity index (χ3v) is 5.90. The Hall–Kier alpha value is -1.33. The minimum absolute atomic E-state index is 0.215. The second kappa shape index (κ2) is 5.22. The molecule has 0 spiro atoms. The van der Waals surface area contributed by atoms with E-state index in [9.17, 15) is 8.42 Å². The summed E-state index contributed by atoms with van der Waals surface area (Å²) in [6.07, 6.45) is 3.41. The number of hydrogen-bond donors (Lipinski definition) is 0. The van der Waals surface area contributed by atoms with E-state index in [0.29, 0.717) is 18.1 Å². The molecule has 3 rings (SSSR count). The molecule has 1 aromatic heterocycles. The van der Waals surface area contributed by atoms with Crippen LogP contribution in [0.15, 0.2) is 35.4 Å². The third kappa shape index (κ3) is 2.47. The fourth-order valence-corrected chi connectivity index (χ4v) is 4.83. The van der Waals surface area contributed by atoms with Gasteiger partial charge in [0, 0.05) is 37.4 Å². The van der Waals surface area contributed by atoms with E-state index in [0.717, 1.165) is 23.7 Å². The van der Waals surface area contributed by atoms with Crippen molar-refractivity contribution in [1.29, 1.82) is 0 Å². The van der Waals surface area contributed by atoms with Crippen molar-refractivity contribution in [3.8, 4) is 0 Å². The predicted molar refractivity (Wildman–Crippen MR) is 78.5 cm³/mol. The van der Waals surface area contributed by atoms with E-state index in [2.05, 4.69) is 0 Å². The summed E-state index contributed by atoms with van der Waals surface area (Å²) in [4.78, 5) is 0.460. The highest BCUT2D eigenvalue weighted by Gasteiger charge is 2.26. The van der Waals surface area contributed by atoms with Crippen molar-refractivity contribution in [2.75, 3.05) is 19.0 Å². The van der Waals surface area contributed by atoms with E-state index in [1.807, 2.05) is 35.9 Å². The van der Waals surface area contributed by atoms with E-state index >= 15 is 0 Å². The Bertz CT molecular complexity index is 712. The van der Waals surface area contributed by atoms with Crippen molar-refractivity contribution in [2.24, 2.45) is 13.0 Å². The van der Waals surface area contributed by atoms with Crippen LogP contribution in [0.1, 0.15) is 12.8 Å². The Morgan fingerprint density at radius 1 is 1.25 bits per heavy atom. The number of aromatic nitrogens is 1. The van der Waals surface area contributed by atoms with Crippen LogP contribution in [-0.4, -0.2) is 32.0 Å². The molecule has 0 atom stereocenters. The molecule has 0 N–H and O–H groups in total. The number of ether oxygens (including phenoxy) is 1. The lowest BCUT2D eigenvalue weighted by atomic mass is 10.0. The lowest BCUT2D eigenvalue weighted by Gasteiger charge is -2.21. The Morgan fingerprint density at radius 3 is 2.70 bits per heavy atom. The first-order valence-electron chi connectivity index (χ1n) is 6.92. The summed E-state index contributed by atoms with van der Waals surface area (Å²) in [6.45, 7) is 1.35. The van der Waals surface area contributed by atoms with Gasteiger partial charge in [0.1, 0.15) is 0 Å². The van der Waals surface area contributed by atoms with Gasteiger partial charge in [-0.1, -0.05) is 18.2 Å². The molecule has 0 unspecified atom stereocenters. The van der Waals surface area contributed by atoms with Crippen molar-refractivity contribution >= 4 is 20.7 Å². The SMILES string of the molecule is Cn1cc(S(=O)(=O)CC2CCOCC2)c2ccccc21. The van der Waals surface area contributed by atoms with Crippen molar-refractivity contribution in [1.82, 2.24) is 4.57 Å². The summed E-state index contributed by atoms with van der Waals surface area (Å²) >= 11 is 0. The summed E-state index contributed by atoms with van der Waals surface area (Å²) in [6, 6.07) is 7.64. The van der Waals surface area contributed by atoms with Crippen LogP contribution in [0.5, 0.6) is 0 Å². The smallest absolute Gasteiger partial charge is 0.180 e. The van der Waals surface area contributed by atoms with E-state index in [1.165, 1.54) is 0 Å². The number of para-hydroxylation sites is 1. The van der Waals surface area contributed by atoms with E-state index < -0.39 is 9.84 Å². The van der Waals surface area contributed by atoms with Gasteiger partial charge in [0.05, 0.1) is 10.6 Å². The molecule has 1 saturated heterocycles.